The van der Waals surface area contributed by atoms with E-state index in [0.717, 1.165) is 49.7 Å². The number of carbonyl (C=O) groups excluding carboxylic acids is 1. The second-order valence-electron chi connectivity index (χ2n) is 7.39. The Morgan fingerprint density at radius 2 is 1.92 bits per heavy atom. The van der Waals surface area contributed by atoms with Crippen molar-refractivity contribution in [1.29, 1.82) is 0 Å². The van der Waals surface area contributed by atoms with Crippen LogP contribution < -0.4 is 10.6 Å². The number of rotatable bonds is 5. The quantitative estimate of drug-likeness (QED) is 0.624. The Balaban J connectivity index is 1.60. The minimum atomic E-state index is 0.177. The molecule has 1 heterocycles. The minimum absolute atomic E-state index is 0.177. The smallest absolute Gasteiger partial charge is 0.227 e. The highest BCUT2D eigenvalue weighted by molar-refractivity contribution is 5.92. The molecule has 2 fully saturated rings. The Morgan fingerprint density at radius 1 is 1.15 bits per heavy atom. The van der Waals surface area contributed by atoms with Crippen LogP contribution in [0.3, 0.4) is 0 Å². The lowest BCUT2D eigenvalue weighted by atomic mass is 9.88. The highest BCUT2D eigenvalue weighted by Gasteiger charge is 2.21. The molecule has 2 N–H and O–H groups in total. The molecule has 5 heteroatoms. The van der Waals surface area contributed by atoms with Crippen molar-refractivity contribution in [3.05, 3.63) is 29.8 Å². The molecule has 26 heavy (non-hydrogen) atoms. The summed E-state index contributed by atoms with van der Waals surface area (Å²) in [6.45, 7) is 5.79. The van der Waals surface area contributed by atoms with Gasteiger partial charge in [-0.05, 0) is 50.3 Å². The van der Waals surface area contributed by atoms with E-state index in [4.69, 9.17) is 4.99 Å². The number of aliphatic imine (C=N–C) groups is 1. The van der Waals surface area contributed by atoms with Crippen molar-refractivity contribution in [2.45, 2.75) is 58.4 Å². The van der Waals surface area contributed by atoms with Gasteiger partial charge < -0.3 is 15.5 Å². The molecule has 0 radical (unpaired) electrons. The van der Waals surface area contributed by atoms with E-state index < -0.39 is 0 Å². The van der Waals surface area contributed by atoms with Gasteiger partial charge in [-0.15, -0.1) is 0 Å². The summed E-state index contributed by atoms with van der Waals surface area (Å²) in [5.74, 6) is 1.36. The van der Waals surface area contributed by atoms with Crippen molar-refractivity contribution in [3.63, 3.8) is 0 Å². The average Bonchev–Trinajstić information content (AvgIpc) is 3.21. The third-order valence-electron chi connectivity index (χ3n) is 5.32. The van der Waals surface area contributed by atoms with Gasteiger partial charge in [-0.3, -0.25) is 4.79 Å². The van der Waals surface area contributed by atoms with E-state index in [-0.39, 0.29) is 11.8 Å². The van der Waals surface area contributed by atoms with Crippen LogP contribution >= 0.6 is 0 Å². The zero-order valence-electron chi connectivity index (χ0n) is 16.0. The normalized spacial score (nSPS) is 18.8. The highest BCUT2D eigenvalue weighted by Crippen LogP contribution is 2.25. The highest BCUT2D eigenvalue weighted by atomic mass is 16.1. The first-order valence-corrected chi connectivity index (χ1v) is 10.2. The van der Waals surface area contributed by atoms with Gasteiger partial charge in [0.25, 0.3) is 0 Å². The maximum absolute atomic E-state index is 12.4. The molecule has 1 aromatic rings. The third-order valence-corrected chi connectivity index (χ3v) is 5.32. The fourth-order valence-corrected chi connectivity index (χ4v) is 3.88. The van der Waals surface area contributed by atoms with Gasteiger partial charge >= 0.3 is 0 Å². The monoisotopic (exact) mass is 356 g/mol. The molecule has 1 aliphatic carbocycles. The Kier molecular flexibility index (Phi) is 6.92. The number of nitrogens with one attached hydrogen (secondary N) is 2. The molecule has 1 saturated heterocycles. The second kappa shape index (κ2) is 9.60. The molecule has 3 rings (SSSR count). The standard InChI is InChI=1S/C21H32N4O/c1-2-22-21(25-13-6-7-14-25)23-16-17-9-8-12-19(15-17)24-20(26)18-10-4-3-5-11-18/h8-9,12,15,18H,2-7,10-11,13-14,16H2,1H3,(H,22,23)(H,24,26). The van der Waals surface area contributed by atoms with E-state index in [9.17, 15) is 4.79 Å². The maximum Gasteiger partial charge on any atom is 0.227 e. The van der Waals surface area contributed by atoms with Gasteiger partial charge in [0.1, 0.15) is 0 Å². The van der Waals surface area contributed by atoms with Crippen LogP contribution in [0.5, 0.6) is 0 Å². The maximum atomic E-state index is 12.4. The second-order valence-corrected chi connectivity index (χ2v) is 7.39. The molecule has 0 spiro atoms. The number of likely N-dealkylation sites (tertiary alicyclic amines) is 1. The van der Waals surface area contributed by atoms with Gasteiger partial charge in [0.05, 0.1) is 6.54 Å². The van der Waals surface area contributed by atoms with Gasteiger partial charge in [0, 0.05) is 31.2 Å². The van der Waals surface area contributed by atoms with Gasteiger partial charge in [0.15, 0.2) is 5.96 Å². The number of hydrogen-bond acceptors (Lipinski definition) is 2. The van der Waals surface area contributed by atoms with E-state index in [1.54, 1.807) is 0 Å². The fourth-order valence-electron chi connectivity index (χ4n) is 3.88. The summed E-state index contributed by atoms with van der Waals surface area (Å²) in [5, 5.41) is 6.50. The number of carbonyl (C=O) groups is 1. The number of guanidine groups is 1. The molecule has 1 aromatic carbocycles. The zero-order chi connectivity index (χ0) is 18.2. The predicted octanol–water partition coefficient (Wildman–Crippen LogP) is 3.77. The largest absolute Gasteiger partial charge is 0.357 e. The van der Waals surface area contributed by atoms with Crippen LogP contribution in [-0.2, 0) is 11.3 Å². The average molecular weight is 357 g/mol. The van der Waals surface area contributed by atoms with E-state index in [1.165, 1.54) is 32.1 Å². The van der Waals surface area contributed by atoms with E-state index in [2.05, 4.69) is 34.6 Å². The molecule has 0 atom stereocenters. The zero-order valence-corrected chi connectivity index (χ0v) is 16.0. The molecule has 0 bridgehead atoms. The Labute approximate surface area is 157 Å². The Morgan fingerprint density at radius 3 is 2.65 bits per heavy atom. The SMILES string of the molecule is CCNC(=NCc1cccc(NC(=O)C2CCCCC2)c1)N1CCCC1. The first-order valence-electron chi connectivity index (χ1n) is 10.2. The molecule has 0 aromatic heterocycles. The summed E-state index contributed by atoms with van der Waals surface area (Å²) in [6.07, 6.45) is 8.16. The molecule has 0 unspecified atom stereocenters. The summed E-state index contributed by atoms with van der Waals surface area (Å²) in [5.41, 5.74) is 2.01. The first kappa shape index (κ1) is 18.7. The Hall–Kier alpha value is -2.04. The number of amides is 1. The molecule has 5 nitrogen and oxygen atoms in total. The van der Waals surface area contributed by atoms with Crippen LogP contribution in [0.2, 0.25) is 0 Å². The lowest BCUT2D eigenvalue weighted by Crippen LogP contribution is -2.39. The molecule has 142 valence electrons. The number of hydrogen-bond donors (Lipinski definition) is 2. The van der Waals surface area contributed by atoms with Gasteiger partial charge in [-0.25, -0.2) is 4.99 Å². The van der Waals surface area contributed by atoms with E-state index in [0.29, 0.717) is 6.54 Å². The summed E-state index contributed by atoms with van der Waals surface area (Å²) in [6, 6.07) is 8.11. The van der Waals surface area contributed by atoms with Crippen molar-refractivity contribution < 1.29 is 4.79 Å². The molecule has 2 aliphatic rings. The molecule has 1 saturated carbocycles. The summed E-state index contributed by atoms with van der Waals surface area (Å²) in [7, 11) is 0. The summed E-state index contributed by atoms with van der Waals surface area (Å²) in [4.78, 5) is 19.6. The topological polar surface area (TPSA) is 56.7 Å². The lowest BCUT2D eigenvalue weighted by Gasteiger charge is -2.21. The van der Waals surface area contributed by atoms with Crippen molar-refractivity contribution in [1.82, 2.24) is 10.2 Å². The van der Waals surface area contributed by atoms with Crippen molar-refractivity contribution in [3.8, 4) is 0 Å². The summed E-state index contributed by atoms with van der Waals surface area (Å²) < 4.78 is 0. The number of benzene rings is 1. The molecule has 1 aliphatic heterocycles. The minimum Gasteiger partial charge on any atom is -0.357 e. The van der Waals surface area contributed by atoms with Crippen LogP contribution in [0, 0.1) is 5.92 Å². The number of nitrogens with zero attached hydrogens (tertiary/aromatic N) is 2. The molecule has 1 amide bonds. The van der Waals surface area contributed by atoms with Crippen LogP contribution in [0.25, 0.3) is 0 Å². The first-order chi connectivity index (χ1) is 12.8. The van der Waals surface area contributed by atoms with Crippen LogP contribution in [0.15, 0.2) is 29.3 Å². The molecular weight excluding hydrogens is 324 g/mol. The van der Waals surface area contributed by atoms with Gasteiger partial charge in [0.2, 0.25) is 5.91 Å². The van der Waals surface area contributed by atoms with Crippen molar-refractivity contribution in [2.75, 3.05) is 25.0 Å². The predicted molar refractivity (Wildman–Crippen MR) is 107 cm³/mol. The third kappa shape index (κ3) is 5.23. The van der Waals surface area contributed by atoms with Crippen LogP contribution in [-0.4, -0.2) is 36.4 Å². The molecular formula is C21H32N4O. The number of anilines is 1. The van der Waals surface area contributed by atoms with Crippen molar-refractivity contribution in [2.24, 2.45) is 10.9 Å². The lowest BCUT2D eigenvalue weighted by molar-refractivity contribution is -0.120. The van der Waals surface area contributed by atoms with E-state index >= 15 is 0 Å². The van der Waals surface area contributed by atoms with E-state index in [1.807, 2.05) is 12.1 Å². The fraction of sp³-hybridized carbons (Fsp3) is 0.619. The van der Waals surface area contributed by atoms with Gasteiger partial charge in [-0.2, -0.15) is 0 Å². The van der Waals surface area contributed by atoms with Crippen LogP contribution in [0.4, 0.5) is 5.69 Å². The van der Waals surface area contributed by atoms with Crippen molar-refractivity contribution >= 4 is 17.6 Å². The summed E-state index contributed by atoms with van der Waals surface area (Å²) >= 11 is 0. The Bertz CT molecular complexity index is 616. The van der Waals surface area contributed by atoms with Crippen LogP contribution in [0.1, 0.15) is 57.4 Å². The van der Waals surface area contributed by atoms with Gasteiger partial charge in [-0.1, -0.05) is 31.4 Å².